The molecule has 2 aliphatic heterocycles. The molecule has 0 saturated carbocycles. The number of alkyl halides is 3. The van der Waals surface area contributed by atoms with E-state index in [2.05, 4.69) is 20.2 Å². The second kappa shape index (κ2) is 7.10. The number of nitrogens with zero attached hydrogens (tertiary/aromatic N) is 6. The topological polar surface area (TPSA) is 77.1 Å². The highest BCUT2D eigenvalue weighted by molar-refractivity contribution is 5.96. The highest BCUT2D eigenvalue weighted by atomic mass is 19.4. The largest absolute Gasteiger partial charge is 0.469 e. The second-order valence-electron chi connectivity index (χ2n) is 6.78. The first-order valence-electron chi connectivity index (χ1n) is 9.09. The molecule has 5 heterocycles. The molecule has 2 aliphatic rings. The number of fused-ring (bicyclic) bond motifs is 1. The van der Waals surface area contributed by atoms with Gasteiger partial charge in [-0.2, -0.15) is 13.2 Å². The lowest BCUT2D eigenvalue weighted by molar-refractivity contribution is -0.102. The van der Waals surface area contributed by atoms with E-state index in [0.717, 1.165) is 6.20 Å². The van der Waals surface area contributed by atoms with E-state index < -0.39 is 23.8 Å². The number of aromatic nitrogens is 4. The van der Waals surface area contributed by atoms with Crippen molar-refractivity contribution in [1.82, 2.24) is 19.6 Å². The van der Waals surface area contributed by atoms with E-state index in [0.29, 0.717) is 22.7 Å². The third kappa shape index (κ3) is 3.36. The summed E-state index contributed by atoms with van der Waals surface area (Å²) in [5.41, 5.74) is 0.767. The first kappa shape index (κ1) is 18.6. The highest BCUT2D eigenvalue weighted by Crippen LogP contribution is 2.32. The molecule has 0 amide bonds. The minimum absolute atomic E-state index is 0.0335. The smallest absolute Gasteiger partial charge is 0.423 e. The zero-order chi connectivity index (χ0) is 20.7. The third-order valence-corrected chi connectivity index (χ3v) is 4.70. The van der Waals surface area contributed by atoms with E-state index in [1.165, 1.54) is 11.1 Å². The average molecular weight is 416 g/mol. The van der Waals surface area contributed by atoms with Crippen molar-refractivity contribution in [3.05, 3.63) is 54.6 Å². The Kier molecular flexibility index (Phi) is 4.39. The minimum Gasteiger partial charge on any atom is -0.469 e. The van der Waals surface area contributed by atoms with Crippen LogP contribution < -0.4 is 4.90 Å². The van der Waals surface area contributed by atoms with Gasteiger partial charge in [0.2, 0.25) is 5.90 Å². The van der Waals surface area contributed by atoms with Gasteiger partial charge in [0.25, 0.3) is 0 Å². The van der Waals surface area contributed by atoms with Crippen molar-refractivity contribution in [3.63, 3.8) is 0 Å². The van der Waals surface area contributed by atoms with Gasteiger partial charge in [0.05, 0.1) is 25.1 Å². The van der Waals surface area contributed by atoms with E-state index in [-0.39, 0.29) is 19.9 Å². The summed E-state index contributed by atoms with van der Waals surface area (Å²) in [6, 6.07) is 7.18. The van der Waals surface area contributed by atoms with Crippen molar-refractivity contribution in [1.29, 1.82) is 0 Å². The van der Waals surface area contributed by atoms with Crippen LogP contribution in [0.3, 0.4) is 0 Å². The van der Waals surface area contributed by atoms with Crippen molar-refractivity contribution in [2.75, 3.05) is 24.8 Å². The summed E-state index contributed by atoms with van der Waals surface area (Å²) in [5.74, 6) is 0.120. The lowest BCUT2D eigenvalue weighted by atomic mass is 10.2. The van der Waals surface area contributed by atoms with Crippen LogP contribution in [-0.4, -0.2) is 57.6 Å². The molecule has 0 N–H and O–H groups in total. The molecule has 0 bridgehead atoms. The first-order chi connectivity index (χ1) is 14.5. The Bertz CT molecular complexity index is 1150. The van der Waals surface area contributed by atoms with E-state index in [1.807, 2.05) is 12.1 Å². The minimum atomic E-state index is -4.61. The molecule has 8 nitrogen and oxygen atoms in total. The number of hydrogen-bond donors (Lipinski definition) is 0. The fourth-order valence-corrected chi connectivity index (χ4v) is 3.11. The molecule has 1 fully saturated rings. The molecule has 3 aromatic rings. The number of hydrogen-bond acceptors (Lipinski definition) is 7. The monoisotopic (exact) mass is 416 g/mol. The Morgan fingerprint density at radius 2 is 2.00 bits per heavy atom. The van der Waals surface area contributed by atoms with Gasteiger partial charge < -0.3 is 14.4 Å². The summed E-state index contributed by atoms with van der Waals surface area (Å²) in [4.78, 5) is 9.55. The number of ether oxygens (including phenoxy) is 2. The lowest BCUT2D eigenvalue weighted by Gasteiger charge is -2.31. The van der Waals surface area contributed by atoms with Crippen LogP contribution in [0.4, 0.5) is 18.9 Å². The Morgan fingerprint density at radius 3 is 2.77 bits per heavy atom. The van der Waals surface area contributed by atoms with Gasteiger partial charge in [0, 0.05) is 24.2 Å². The van der Waals surface area contributed by atoms with E-state index in [1.54, 1.807) is 28.9 Å². The first-order valence-corrected chi connectivity index (χ1v) is 9.09. The van der Waals surface area contributed by atoms with E-state index >= 15 is 0 Å². The Hall–Kier alpha value is -3.47. The van der Waals surface area contributed by atoms with Crippen molar-refractivity contribution in [2.45, 2.75) is 12.3 Å². The summed E-state index contributed by atoms with van der Waals surface area (Å²) in [5, 5.41) is 8.26. The third-order valence-electron chi connectivity index (χ3n) is 4.70. The van der Waals surface area contributed by atoms with Gasteiger partial charge in [-0.3, -0.25) is 9.38 Å². The summed E-state index contributed by atoms with van der Waals surface area (Å²) in [6.07, 6.45) is 0.823. The molecular weight excluding hydrogens is 401 g/mol. The summed E-state index contributed by atoms with van der Waals surface area (Å²) < 4.78 is 52.9. The molecule has 1 saturated heterocycles. The number of anilines is 1. The Labute approximate surface area is 168 Å². The molecule has 30 heavy (non-hydrogen) atoms. The number of pyridine rings is 2. The quantitative estimate of drug-likeness (QED) is 0.654. The summed E-state index contributed by atoms with van der Waals surface area (Å²) >= 11 is 0. The Balaban J connectivity index is 1.47. The maximum Gasteiger partial charge on any atom is 0.423 e. The molecule has 0 aliphatic carbocycles. The fourth-order valence-electron chi connectivity index (χ4n) is 3.11. The van der Waals surface area contributed by atoms with Gasteiger partial charge >= 0.3 is 6.18 Å². The molecule has 0 unspecified atom stereocenters. The van der Waals surface area contributed by atoms with Gasteiger partial charge in [-0.1, -0.05) is 6.07 Å². The van der Waals surface area contributed by atoms with E-state index in [9.17, 15) is 13.2 Å². The van der Waals surface area contributed by atoms with Crippen LogP contribution in [0.25, 0.3) is 17.0 Å². The number of aliphatic imine (C=N–C) groups is 1. The van der Waals surface area contributed by atoms with Crippen molar-refractivity contribution >= 4 is 17.2 Å². The Morgan fingerprint density at radius 1 is 1.13 bits per heavy atom. The summed E-state index contributed by atoms with van der Waals surface area (Å²) in [7, 11) is 0. The van der Waals surface area contributed by atoms with Crippen molar-refractivity contribution in [2.24, 2.45) is 4.99 Å². The zero-order valence-corrected chi connectivity index (χ0v) is 15.5. The predicted molar refractivity (Wildman–Crippen MR) is 101 cm³/mol. The van der Waals surface area contributed by atoms with Crippen LogP contribution in [0.15, 0.2) is 59.6 Å². The SMILES string of the molecule is FC(F)(F)C1=CN(c2cncc(-c3nnc4ccccn34)c2)CN=C1OC1COC1. The summed E-state index contributed by atoms with van der Waals surface area (Å²) in [6.45, 7) is 0.479. The van der Waals surface area contributed by atoms with Crippen molar-refractivity contribution in [3.8, 4) is 11.4 Å². The second-order valence-corrected chi connectivity index (χ2v) is 6.78. The molecule has 3 aromatic heterocycles. The van der Waals surface area contributed by atoms with Crippen LogP contribution in [0.2, 0.25) is 0 Å². The molecule has 0 radical (unpaired) electrons. The molecule has 11 heteroatoms. The molecular formula is C19H15F3N6O2. The molecule has 0 atom stereocenters. The van der Waals surface area contributed by atoms with Crippen molar-refractivity contribution < 1.29 is 22.6 Å². The van der Waals surface area contributed by atoms with Crippen LogP contribution in [0.1, 0.15) is 0 Å². The normalized spacial score (nSPS) is 17.5. The van der Waals surface area contributed by atoms with Gasteiger partial charge in [0.15, 0.2) is 11.5 Å². The highest BCUT2D eigenvalue weighted by Gasteiger charge is 2.42. The lowest BCUT2D eigenvalue weighted by Crippen LogP contribution is -2.41. The van der Waals surface area contributed by atoms with Crippen LogP contribution in [0.5, 0.6) is 0 Å². The average Bonchev–Trinajstić information content (AvgIpc) is 3.14. The maximum atomic E-state index is 13.6. The van der Waals surface area contributed by atoms with Gasteiger partial charge in [0.1, 0.15) is 18.3 Å². The number of rotatable bonds is 3. The molecule has 0 aromatic carbocycles. The van der Waals surface area contributed by atoms with Gasteiger partial charge in [-0.25, -0.2) is 4.99 Å². The molecule has 5 rings (SSSR count). The predicted octanol–water partition coefficient (Wildman–Crippen LogP) is 2.83. The molecule has 0 spiro atoms. The molecule has 154 valence electrons. The van der Waals surface area contributed by atoms with Crippen LogP contribution in [0, 0.1) is 0 Å². The van der Waals surface area contributed by atoms with E-state index in [4.69, 9.17) is 9.47 Å². The standard InChI is InChI=1S/C19H15F3N6O2/c20-19(21,22)15-8-27(11-24-18(15)30-14-9-29-10-14)13-5-12(6-23-7-13)17-26-25-16-3-1-2-4-28(16)17/h1-8,14H,9-11H2. The fraction of sp³-hybridized carbons (Fsp3) is 0.263. The van der Waals surface area contributed by atoms with Crippen LogP contribution in [-0.2, 0) is 9.47 Å². The van der Waals surface area contributed by atoms with Gasteiger partial charge in [-0.15, -0.1) is 10.2 Å². The maximum absolute atomic E-state index is 13.6. The van der Waals surface area contributed by atoms with Gasteiger partial charge in [-0.05, 0) is 18.2 Å². The number of halogens is 3. The van der Waals surface area contributed by atoms with Crippen LogP contribution >= 0.6 is 0 Å². The zero-order valence-electron chi connectivity index (χ0n) is 15.5.